The minimum atomic E-state index is -0.726. The first-order valence-corrected chi connectivity index (χ1v) is 10.7. The molecule has 0 spiro atoms. The third-order valence-corrected chi connectivity index (χ3v) is 5.93. The number of nitrogens with one attached hydrogen (secondary N) is 4. The summed E-state index contributed by atoms with van der Waals surface area (Å²) in [5, 5.41) is 11.4. The summed E-state index contributed by atoms with van der Waals surface area (Å²) in [6, 6.07) is 19.4. The summed E-state index contributed by atoms with van der Waals surface area (Å²) in [7, 11) is 0. The Labute approximate surface area is 189 Å². The summed E-state index contributed by atoms with van der Waals surface area (Å²) in [6.45, 7) is 5.85. The van der Waals surface area contributed by atoms with Gasteiger partial charge in [-0.25, -0.2) is 0 Å². The zero-order valence-corrected chi connectivity index (χ0v) is 18.6. The van der Waals surface area contributed by atoms with Crippen molar-refractivity contribution in [3.8, 4) is 22.5 Å². The van der Waals surface area contributed by atoms with Crippen LogP contribution in [0.2, 0.25) is 0 Å². The van der Waals surface area contributed by atoms with Crippen LogP contribution in [-0.4, -0.2) is 20.4 Å². The van der Waals surface area contributed by atoms with Gasteiger partial charge in [0.15, 0.2) is 0 Å². The average Bonchev–Trinajstić information content (AvgIpc) is 3.50. The minimum absolute atomic E-state index is 0.305. The standard InChI is InChI=1S/C26H24N4O3/c1-14-4-9-17(10-5-14)23-21(25(31)29-27-23)20(19-13-8-16(3)33-19)22-24(28-30-26(22)32)18-11-6-15(2)7-12-18/h4-13,20H,1-3H3,(H2,27,29,31)(H2,28,30,32). The molecule has 166 valence electrons. The van der Waals surface area contributed by atoms with E-state index in [4.69, 9.17) is 4.42 Å². The van der Waals surface area contributed by atoms with Crippen LogP contribution in [0.1, 0.15) is 39.7 Å². The molecule has 33 heavy (non-hydrogen) atoms. The molecule has 0 saturated carbocycles. The topological polar surface area (TPSA) is 110 Å². The Morgan fingerprint density at radius 3 is 1.45 bits per heavy atom. The lowest BCUT2D eigenvalue weighted by Crippen LogP contribution is -2.19. The molecule has 4 N–H and O–H groups in total. The SMILES string of the molecule is Cc1ccc(-c2[nH][nH]c(=O)c2C(c2ccc(C)o2)c2c(-c3ccc(C)cc3)[nH][nH]c2=O)cc1. The van der Waals surface area contributed by atoms with E-state index in [0.717, 1.165) is 22.3 Å². The second kappa shape index (κ2) is 8.02. The van der Waals surface area contributed by atoms with Crippen molar-refractivity contribution in [1.29, 1.82) is 0 Å². The fourth-order valence-corrected chi connectivity index (χ4v) is 4.22. The Balaban J connectivity index is 1.78. The highest BCUT2D eigenvalue weighted by Gasteiger charge is 2.33. The highest BCUT2D eigenvalue weighted by Crippen LogP contribution is 2.38. The molecule has 5 aromatic rings. The van der Waals surface area contributed by atoms with Gasteiger partial charge in [0, 0.05) is 0 Å². The first-order chi connectivity index (χ1) is 15.9. The Bertz CT molecular complexity index is 1430. The Morgan fingerprint density at radius 2 is 1.06 bits per heavy atom. The second-order valence-electron chi connectivity index (χ2n) is 8.35. The van der Waals surface area contributed by atoms with E-state index < -0.39 is 5.92 Å². The summed E-state index contributed by atoms with van der Waals surface area (Å²) < 4.78 is 5.99. The van der Waals surface area contributed by atoms with Gasteiger partial charge < -0.3 is 4.42 Å². The molecule has 7 heteroatoms. The number of furan rings is 1. The fourth-order valence-electron chi connectivity index (χ4n) is 4.22. The first kappa shape index (κ1) is 20.6. The quantitative estimate of drug-likeness (QED) is 0.316. The van der Waals surface area contributed by atoms with E-state index in [2.05, 4.69) is 20.4 Å². The minimum Gasteiger partial charge on any atom is -0.465 e. The van der Waals surface area contributed by atoms with Crippen molar-refractivity contribution in [1.82, 2.24) is 20.4 Å². The summed E-state index contributed by atoms with van der Waals surface area (Å²) in [6.07, 6.45) is 0. The molecule has 2 aromatic carbocycles. The summed E-state index contributed by atoms with van der Waals surface area (Å²) >= 11 is 0. The highest BCUT2D eigenvalue weighted by atomic mass is 16.3. The van der Waals surface area contributed by atoms with Crippen LogP contribution in [0.15, 0.2) is 74.7 Å². The molecule has 3 aromatic heterocycles. The lowest BCUT2D eigenvalue weighted by atomic mass is 9.86. The van der Waals surface area contributed by atoms with E-state index in [1.54, 1.807) is 0 Å². The molecular formula is C26H24N4O3. The predicted molar refractivity (Wildman–Crippen MR) is 128 cm³/mol. The van der Waals surface area contributed by atoms with E-state index in [0.29, 0.717) is 34.0 Å². The summed E-state index contributed by atoms with van der Waals surface area (Å²) in [4.78, 5) is 26.3. The molecule has 0 aliphatic rings. The summed E-state index contributed by atoms with van der Waals surface area (Å²) in [5.41, 5.74) is 5.37. The van der Waals surface area contributed by atoms with Crippen molar-refractivity contribution in [3.05, 3.63) is 115 Å². The molecule has 0 unspecified atom stereocenters. The number of aromatic amines is 4. The van der Waals surface area contributed by atoms with Gasteiger partial charge in [-0.2, -0.15) is 0 Å². The smallest absolute Gasteiger partial charge is 0.268 e. The fraction of sp³-hybridized carbons (Fsp3) is 0.154. The third kappa shape index (κ3) is 3.67. The Kier molecular flexibility index (Phi) is 5.01. The number of aromatic nitrogens is 4. The molecule has 0 fully saturated rings. The lowest BCUT2D eigenvalue weighted by Gasteiger charge is -2.15. The third-order valence-electron chi connectivity index (χ3n) is 5.93. The van der Waals surface area contributed by atoms with Crippen molar-refractivity contribution in [2.75, 3.05) is 0 Å². The zero-order chi connectivity index (χ0) is 23.1. The van der Waals surface area contributed by atoms with Gasteiger partial charge in [-0.15, -0.1) is 0 Å². The van der Waals surface area contributed by atoms with E-state index in [1.807, 2.05) is 81.4 Å². The number of aryl methyl sites for hydroxylation is 3. The molecule has 7 nitrogen and oxygen atoms in total. The van der Waals surface area contributed by atoms with Gasteiger partial charge in [-0.1, -0.05) is 59.7 Å². The van der Waals surface area contributed by atoms with Crippen LogP contribution >= 0.6 is 0 Å². The number of rotatable bonds is 5. The molecule has 0 saturated heterocycles. The summed E-state index contributed by atoms with van der Waals surface area (Å²) in [5.74, 6) is 0.489. The van der Waals surface area contributed by atoms with E-state index >= 15 is 0 Å². The van der Waals surface area contributed by atoms with Gasteiger partial charge >= 0.3 is 0 Å². The Morgan fingerprint density at radius 1 is 0.606 bits per heavy atom. The molecular weight excluding hydrogens is 416 g/mol. The van der Waals surface area contributed by atoms with Crippen LogP contribution in [-0.2, 0) is 0 Å². The number of hydrogen-bond donors (Lipinski definition) is 4. The number of benzene rings is 2. The van der Waals surface area contributed by atoms with Gasteiger partial charge in [0.1, 0.15) is 11.5 Å². The van der Waals surface area contributed by atoms with Crippen LogP contribution in [0, 0.1) is 20.8 Å². The van der Waals surface area contributed by atoms with Crippen LogP contribution < -0.4 is 11.1 Å². The van der Waals surface area contributed by atoms with Crippen LogP contribution in [0.5, 0.6) is 0 Å². The molecule has 0 aliphatic carbocycles. The molecule has 0 aliphatic heterocycles. The number of H-pyrrole nitrogens is 4. The zero-order valence-electron chi connectivity index (χ0n) is 18.6. The molecule has 5 rings (SSSR count). The predicted octanol–water partition coefficient (Wildman–Crippen LogP) is 4.75. The maximum atomic E-state index is 13.1. The van der Waals surface area contributed by atoms with Crippen LogP contribution in [0.25, 0.3) is 22.5 Å². The van der Waals surface area contributed by atoms with Crippen molar-refractivity contribution in [3.63, 3.8) is 0 Å². The van der Waals surface area contributed by atoms with Gasteiger partial charge in [0.2, 0.25) is 0 Å². The van der Waals surface area contributed by atoms with Crippen LogP contribution in [0.3, 0.4) is 0 Å². The van der Waals surface area contributed by atoms with Gasteiger partial charge in [0.05, 0.1) is 28.4 Å². The molecule has 0 radical (unpaired) electrons. The monoisotopic (exact) mass is 440 g/mol. The van der Waals surface area contributed by atoms with Crippen LogP contribution in [0.4, 0.5) is 0 Å². The Hall–Kier alpha value is -4.26. The molecule has 0 bridgehead atoms. The average molecular weight is 441 g/mol. The van der Waals surface area contributed by atoms with Crippen molar-refractivity contribution in [2.24, 2.45) is 0 Å². The maximum absolute atomic E-state index is 13.1. The van der Waals surface area contributed by atoms with Gasteiger partial charge in [-0.3, -0.25) is 30.0 Å². The normalized spacial score (nSPS) is 11.4. The largest absolute Gasteiger partial charge is 0.465 e. The van der Waals surface area contributed by atoms with Gasteiger partial charge in [-0.05, 0) is 44.0 Å². The second-order valence-corrected chi connectivity index (χ2v) is 8.35. The first-order valence-electron chi connectivity index (χ1n) is 10.7. The highest BCUT2D eigenvalue weighted by molar-refractivity contribution is 5.70. The van der Waals surface area contributed by atoms with Gasteiger partial charge in [0.25, 0.3) is 11.1 Å². The van der Waals surface area contributed by atoms with Crippen molar-refractivity contribution < 1.29 is 4.42 Å². The number of hydrogen-bond acceptors (Lipinski definition) is 3. The maximum Gasteiger partial charge on any atom is 0.268 e. The van der Waals surface area contributed by atoms with E-state index in [1.165, 1.54) is 0 Å². The lowest BCUT2D eigenvalue weighted by molar-refractivity contribution is 0.477. The molecule has 0 amide bonds. The molecule has 3 heterocycles. The van der Waals surface area contributed by atoms with Crippen molar-refractivity contribution >= 4 is 0 Å². The van der Waals surface area contributed by atoms with Crippen molar-refractivity contribution in [2.45, 2.75) is 26.7 Å². The van der Waals surface area contributed by atoms with E-state index in [9.17, 15) is 9.59 Å². The molecule has 0 atom stereocenters. The van der Waals surface area contributed by atoms with E-state index in [-0.39, 0.29) is 11.1 Å².